The van der Waals surface area contributed by atoms with Crippen LogP contribution in [-0.2, 0) is 6.42 Å². The quantitative estimate of drug-likeness (QED) is 0.518. The van der Waals surface area contributed by atoms with E-state index >= 15 is 0 Å². The van der Waals surface area contributed by atoms with Gasteiger partial charge in [-0.05, 0) is 43.3 Å². The number of hydrogen-bond acceptors (Lipinski definition) is 8. The Balaban J connectivity index is 1.51. The average Bonchev–Trinajstić information content (AvgIpc) is 3.29. The molecule has 2 aliphatic rings. The van der Waals surface area contributed by atoms with Crippen LogP contribution < -0.4 is 25.5 Å². The van der Waals surface area contributed by atoms with Gasteiger partial charge in [0.1, 0.15) is 5.56 Å². The molecule has 35 heavy (non-hydrogen) atoms. The molecule has 2 N–H and O–H groups in total. The van der Waals surface area contributed by atoms with Gasteiger partial charge in [-0.3, -0.25) is 19.7 Å². The maximum absolute atomic E-state index is 12.5. The van der Waals surface area contributed by atoms with Gasteiger partial charge in [-0.2, -0.15) is 0 Å². The fraction of sp³-hybridized carbons (Fsp3) is 0.292. The average molecular weight is 499 g/mol. The largest absolute Gasteiger partial charge is 0.493 e. The zero-order valence-corrected chi connectivity index (χ0v) is 19.8. The van der Waals surface area contributed by atoms with Crippen molar-refractivity contribution in [3.63, 3.8) is 0 Å². The van der Waals surface area contributed by atoms with Gasteiger partial charge >= 0.3 is 5.69 Å². The van der Waals surface area contributed by atoms with Crippen LogP contribution in [-0.4, -0.2) is 59.8 Å². The molecule has 0 aliphatic carbocycles. The van der Waals surface area contributed by atoms with E-state index in [-0.39, 0.29) is 24.9 Å². The number of nitrogens with zero attached hydrogens (tertiary/aromatic N) is 3. The summed E-state index contributed by atoms with van der Waals surface area (Å²) < 4.78 is 17.8. The number of nitrogens with one attached hydrogen (secondary N) is 1. The lowest BCUT2D eigenvalue weighted by atomic mass is 9.91. The van der Waals surface area contributed by atoms with Crippen molar-refractivity contribution in [3.8, 4) is 28.8 Å². The third kappa shape index (κ3) is 4.04. The lowest BCUT2D eigenvalue weighted by Gasteiger charge is -2.35. The van der Waals surface area contributed by atoms with Crippen LogP contribution in [0.5, 0.6) is 23.1 Å². The van der Waals surface area contributed by atoms with Crippen molar-refractivity contribution in [1.29, 1.82) is 0 Å². The standard InChI is InChI=1S/C24H23ClN4O6/c1-28-7-6-13-8-18-20(35-12-34-18)21(33-2)19(13)17(28)11-26-10-16-22(30)27-24(32)29(23(16)31)15-5-3-4-14(25)9-15/h3-5,8-10,17,31H,6-7,11-12H2,1-2H3,(H,27,30,32). The van der Waals surface area contributed by atoms with Crippen molar-refractivity contribution >= 4 is 17.8 Å². The molecule has 3 aromatic rings. The highest BCUT2D eigenvalue weighted by Gasteiger charge is 2.33. The summed E-state index contributed by atoms with van der Waals surface area (Å²) in [4.78, 5) is 33.7. The third-order valence-corrected chi connectivity index (χ3v) is 6.47. The van der Waals surface area contributed by atoms with Crippen molar-refractivity contribution in [2.75, 3.05) is 34.0 Å². The zero-order valence-electron chi connectivity index (χ0n) is 19.1. The number of fused-ring (bicyclic) bond motifs is 2. The lowest BCUT2D eigenvalue weighted by Crippen LogP contribution is -2.34. The van der Waals surface area contributed by atoms with E-state index in [2.05, 4.69) is 14.9 Å². The summed E-state index contributed by atoms with van der Waals surface area (Å²) in [6, 6.07) is 8.18. The monoisotopic (exact) mass is 498 g/mol. The molecule has 2 aliphatic heterocycles. The maximum atomic E-state index is 12.5. The second kappa shape index (κ2) is 9.12. The summed E-state index contributed by atoms with van der Waals surface area (Å²) in [6.07, 6.45) is 2.08. The van der Waals surface area contributed by atoms with E-state index in [4.69, 9.17) is 25.8 Å². The number of methoxy groups -OCH3 is 1. The number of aliphatic imine (C=N–C) groups is 1. The SMILES string of the molecule is COc1c2c(cc3c1C(CN=Cc1c(O)n(-c4cccc(Cl)c4)c(=O)[nH]c1=O)N(C)CC3)OCO2. The summed E-state index contributed by atoms with van der Waals surface area (Å²) >= 11 is 6.03. The Hall–Kier alpha value is -3.76. The highest BCUT2D eigenvalue weighted by Crippen LogP contribution is 2.49. The van der Waals surface area contributed by atoms with Crippen LogP contribution in [0, 0.1) is 0 Å². The van der Waals surface area contributed by atoms with E-state index in [0.29, 0.717) is 28.0 Å². The van der Waals surface area contributed by atoms with Crippen LogP contribution in [0.3, 0.4) is 0 Å². The molecule has 0 saturated carbocycles. The number of likely N-dealkylation sites (N-methyl/N-ethyl adjacent to an activating group) is 1. The van der Waals surface area contributed by atoms with Gasteiger partial charge in [0.2, 0.25) is 18.4 Å². The predicted octanol–water partition coefficient (Wildman–Crippen LogP) is 2.27. The maximum Gasteiger partial charge on any atom is 0.335 e. The molecule has 0 radical (unpaired) electrons. The first-order chi connectivity index (χ1) is 16.9. The minimum absolute atomic E-state index is 0.137. The molecule has 1 unspecified atom stereocenters. The van der Waals surface area contributed by atoms with Crippen LogP contribution in [0.4, 0.5) is 0 Å². The number of halogens is 1. The number of ether oxygens (including phenoxy) is 3. The van der Waals surface area contributed by atoms with Crippen LogP contribution in [0.15, 0.2) is 44.9 Å². The zero-order chi connectivity index (χ0) is 24.7. The van der Waals surface area contributed by atoms with Crippen LogP contribution in [0.1, 0.15) is 22.7 Å². The molecular formula is C24H23ClN4O6. The Bertz CT molecular complexity index is 1450. The summed E-state index contributed by atoms with van der Waals surface area (Å²) in [5.41, 5.74) is 0.680. The number of aromatic amines is 1. The number of hydrogen-bond donors (Lipinski definition) is 2. The van der Waals surface area contributed by atoms with E-state index < -0.39 is 17.1 Å². The third-order valence-electron chi connectivity index (χ3n) is 6.23. The van der Waals surface area contributed by atoms with E-state index in [9.17, 15) is 14.7 Å². The van der Waals surface area contributed by atoms with E-state index in [1.165, 1.54) is 12.3 Å². The fourth-order valence-corrected chi connectivity index (χ4v) is 4.69. The van der Waals surface area contributed by atoms with Crippen molar-refractivity contribution < 1.29 is 19.3 Å². The van der Waals surface area contributed by atoms with Crippen molar-refractivity contribution in [1.82, 2.24) is 14.5 Å². The van der Waals surface area contributed by atoms with Gasteiger partial charge in [0, 0.05) is 23.3 Å². The lowest BCUT2D eigenvalue weighted by molar-refractivity contribution is 0.170. The number of aromatic hydroxyl groups is 1. The second-order valence-electron chi connectivity index (χ2n) is 8.27. The van der Waals surface area contributed by atoms with Crippen LogP contribution in [0.25, 0.3) is 5.69 Å². The Morgan fingerprint density at radius 2 is 2.14 bits per heavy atom. The molecule has 0 saturated heterocycles. The van der Waals surface area contributed by atoms with Gasteiger partial charge in [0.15, 0.2) is 11.5 Å². The first-order valence-electron chi connectivity index (χ1n) is 10.9. The Labute approximate surface area is 205 Å². The normalized spacial score (nSPS) is 17.1. The first-order valence-corrected chi connectivity index (χ1v) is 11.3. The highest BCUT2D eigenvalue weighted by atomic mass is 35.5. The fourth-order valence-electron chi connectivity index (χ4n) is 4.51. The van der Waals surface area contributed by atoms with Crippen molar-refractivity contribution in [3.05, 3.63) is 72.9 Å². The van der Waals surface area contributed by atoms with Gasteiger partial charge < -0.3 is 19.3 Å². The molecule has 1 atom stereocenters. The first kappa shape index (κ1) is 23.0. The van der Waals surface area contributed by atoms with Crippen molar-refractivity contribution in [2.24, 2.45) is 4.99 Å². The van der Waals surface area contributed by atoms with Crippen LogP contribution >= 0.6 is 11.6 Å². The van der Waals surface area contributed by atoms with E-state index in [1.807, 2.05) is 13.1 Å². The Morgan fingerprint density at radius 1 is 1.31 bits per heavy atom. The van der Waals surface area contributed by atoms with Gasteiger partial charge in [-0.1, -0.05) is 17.7 Å². The van der Waals surface area contributed by atoms with Gasteiger partial charge in [0.05, 0.1) is 25.4 Å². The predicted molar refractivity (Wildman–Crippen MR) is 130 cm³/mol. The Morgan fingerprint density at radius 3 is 2.91 bits per heavy atom. The van der Waals surface area contributed by atoms with Gasteiger partial charge in [-0.15, -0.1) is 0 Å². The minimum atomic E-state index is -0.784. The molecule has 11 heteroatoms. The Kier molecular flexibility index (Phi) is 6.00. The highest BCUT2D eigenvalue weighted by molar-refractivity contribution is 6.30. The topological polar surface area (TPSA) is 118 Å². The summed E-state index contributed by atoms with van der Waals surface area (Å²) in [6.45, 7) is 1.20. The molecule has 1 aromatic heterocycles. The molecule has 182 valence electrons. The molecule has 3 heterocycles. The van der Waals surface area contributed by atoms with E-state index in [1.54, 1.807) is 25.3 Å². The number of rotatable bonds is 5. The summed E-state index contributed by atoms with van der Waals surface area (Å²) in [5.74, 6) is 1.31. The molecule has 5 rings (SSSR count). The van der Waals surface area contributed by atoms with Crippen molar-refractivity contribution in [2.45, 2.75) is 12.5 Å². The van der Waals surface area contributed by atoms with Gasteiger partial charge in [-0.25, -0.2) is 9.36 Å². The molecule has 0 fully saturated rings. The number of aromatic nitrogens is 2. The molecule has 10 nitrogen and oxygen atoms in total. The van der Waals surface area contributed by atoms with E-state index in [0.717, 1.165) is 28.7 Å². The minimum Gasteiger partial charge on any atom is -0.493 e. The summed E-state index contributed by atoms with van der Waals surface area (Å²) in [7, 11) is 3.57. The summed E-state index contributed by atoms with van der Waals surface area (Å²) in [5, 5.41) is 11.2. The molecule has 0 bridgehead atoms. The molecule has 0 amide bonds. The smallest absolute Gasteiger partial charge is 0.335 e. The van der Waals surface area contributed by atoms with Crippen LogP contribution in [0.2, 0.25) is 5.02 Å². The number of benzene rings is 2. The molecule has 0 spiro atoms. The van der Waals surface area contributed by atoms with Gasteiger partial charge in [0.25, 0.3) is 5.56 Å². The molecule has 2 aromatic carbocycles. The second-order valence-corrected chi connectivity index (χ2v) is 8.71. The molecular weight excluding hydrogens is 476 g/mol. The number of H-pyrrole nitrogens is 1.